The number of benzene rings is 2. The van der Waals surface area contributed by atoms with Crippen molar-refractivity contribution >= 4 is 34.4 Å². The van der Waals surface area contributed by atoms with E-state index in [1.54, 1.807) is 31.3 Å². The maximum atomic E-state index is 13.3. The first-order valence-electron chi connectivity index (χ1n) is 10.5. The lowest BCUT2D eigenvalue weighted by molar-refractivity contribution is -0.119. The second-order valence-electron chi connectivity index (χ2n) is 7.55. The first-order chi connectivity index (χ1) is 15.6. The van der Waals surface area contributed by atoms with Gasteiger partial charge in [-0.3, -0.25) is 9.78 Å². The van der Waals surface area contributed by atoms with Crippen molar-refractivity contribution in [1.82, 2.24) is 14.5 Å². The van der Waals surface area contributed by atoms with Gasteiger partial charge in [-0.15, -0.1) is 0 Å². The normalized spacial score (nSPS) is 12.0. The zero-order valence-electron chi connectivity index (χ0n) is 18.4. The predicted octanol–water partition coefficient (Wildman–Crippen LogP) is 5.63. The molecule has 0 bridgehead atoms. The van der Waals surface area contributed by atoms with E-state index in [1.165, 1.54) is 11.1 Å². The van der Waals surface area contributed by atoms with Crippen molar-refractivity contribution in [3.8, 4) is 5.75 Å². The van der Waals surface area contributed by atoms with Gasteiger partial charge in [-0.2, -0.15) is 0 Å². The van der Waals surface area contributed by atoms with Crippen LogP contribution < -0.4 is 10.1 Å². The fourth-order valence-electron chi connectivity index (χ4n) is 3.68. The number of nitrogens with one attached hydrogen (secondary N) is 1. The van der Waals surface area contributed by atoms with Crippen molar-refractivity contribution in [3.63, 3.8) is 0 Å². The topological polar surface area (TPSA) is 69.0 Å². The number of rotatable bonds is 8. The van der Waals surface area contributed by atoms with Crippen LogP contribution in [0.1, 0.15) is 30.5 Å². The molecule has 4 rings (SSSR count). The molecule has 2 aromatic heterocycles. The molecule has 0 saturated heterocycles. The molecular weight excluding hydrogens is 420 g/mol. The molecule has 0 saturated carbocycles. The van der Waals surface area contributed by atoms with E-state index in [1.807, 2.05) is 41.8 Å². The number of thioether (sulfide) groups is 1. The van der Waals surface area contributed by atoms with Crippen LogP contribution in [0.15, 0.2) is 72.1 Å². The molecule has 0 fully saturated rings. The minimum Gasteiger partial charge on any atom is -0.497 e. The Morgan fingerprint density at radius 1 is 1.19 bits per heavy atom. The van der Waals surface area contributed by atoms with Crippen molar-refractivity contribution in [2.24, 2.45) is 0 Å². The number of nitrogens with zero attached hydrogens (tertiary/aromatic N) is 3. The summed E-state index contributed by atoms with van der Waals surface area (Å²) in [6.07, 6.45) is 4.13. The number of aromatic nitrogens is 3. The van der Waals surface area contributed by atoms with Gasteiger partial charge in [-0.25, -0.2) is 4.98 Å². The Hall–Kier alpha value is -3.32. The lowest BCUT2D eigenvalue weighted by Crippen LogP contribution is -2.26. The minimum absolute atomic E-state index is 0.0960. The van der Waals surface area contributed by atoms with Crippen molar-refractivity contribution in [2.75, 3.05) is 12.4 Å². The van der Waals surface area contributed by atoms with E-state index in [2.05, 4.69) is 41.5 Å². The summed E-state index contributed by atoms with van der Waals surface area (Å²) in [6.45, 7) is 4.10. The average Bonchev–Trinajstić information content (AvgIpc) is 3.17. The first kappa shape index (κ1) is 21.9. The highest BCUT2D eigenvalue weighted by atomic mass is 32.2. The maximum absolute atomic E-state index is 13.3. The zero-order chi connectivity index (χ0) is 22.5. The summed E-state index contributed by atoms with van der Waals surface area (Å²) < 4.78 is 7.29. The molecule has 0 spiro atoms. The van der Waals surface area contributed by atoms with Crippen molar-refractivity contribution in [2.45, 2.75) is 37.2 Å². The van der Waals surface area contributed by atoms with E-state index in [9.17, 15) is 4.79 Å². The number of anilines is 1. The molecule has 1 N–H and O–H groups in total. The molecule has 1 amide bonds. The molecule has 4 aromatic rings. The molecule has 0 unspecified atom stereocenters. The van der Waals surface area contributed by atoms with E-state index in [4.69, 9.17) is 9.72 Å². The van der Waals surface area contributed by atoms with Gasteiger partial charge in [-0.1, -0.05) is 54.6 Å². The number of hydrogen-bond donors (Lipinski definition) is 1. The quantitative estimate of drug-likeness (QED) is 0.355. The number of pyridine rings is 1. The molecular formula is C25H26N4O2S. The Morgan fingerprint density at radius 3 is 2.81 bits per heavy atom. The lowest BCUT2D eigenvalue weighted by atomic mass is 10.2. The third kappa shape index (κ3) is 4.78. The van der Waals surface area contributed by atoms with Gasteiger partial charge >= 0.3 is 0 Å². The van der Waals surface area contributed by atoms with Gasteiger partial charge in [0.2, 0.25) is 5.91 Å². The fourth-order valence-corrected chi connectivity index (χ4v) is 4.69. The van der Waals surface area contributed by atoms with Crippen molar-refractivity contribution in [3.05, 3.63) is 78.1 Å². The monoisotopic (exact) mass is 446 g/mol. The molecule has 0 aliphatic heterocycles. The van der Waals surface area contributed by atoms with E-state index in [0.29, 0.717) is 17.9 Å². The first-order valence-corrected chi connectivity index (χ1v) is 11.5. The maximum Gasteiger partial charge on any atom is 0.247 e. The lowest BCUT2D eigenvalue weighted by Gasteiger charge is -2.20. The highest BCUT2D eigenvalue weighted by molar-refractivity contribution is 7.98. The van der Waals surface area contributed by atoms with E-state index in [-0.39, 0.29) is 5.91 Å². The van der Waals surface area contributed by atoms with E-state index in [0.717, 1.165) is 21.9 Å². The molecule has 0 aliphatic rings. The van der Waals surface area contributed by atoms with Crippen molar-refractivity contribution in [1.29, 1.82) is 0 Å². The Bertz CT molecular complexity index is 1240. The SMILES string of the molecule is CC[C@@H](C(=O)Nc1cccc(OC)c1)n1c(SCc2cccc(C)c2)nc2ccncc21. The van der Waals surface area contributed by atoms with Crippen LogP contribution in [0.2, 0.25) is 0 Å². The Morgan fingerprint density at radius 2 is 2.03 bits per heavy atom. The van der Waals surface area contributed by atoms with Gasteiger partial charge in [0.25, 0.3) is 0 Å². The molecule has 0 aliphatic carbocycles. The minimum atomic E-state index is -0.421. The number of ether oxygens (including phenoxy) is 1. The third-order valence-electron chi connectivity index (χ3n) is 5.25. The molecule has 1 atom stereocenters. The Kier molecular flexibility index (Phi) is 6.75. The number of methoxy groups -OCH3 is 1. The van der Waals surface area contributed by atoms with Gasteiger partial charge in [-0.05, 0) is 37.1 Å². The summed E-state index contributed by atoms with van der Waals surface area (Å²) >= 11 is 1.63. The summed E-state index contributed by atoms with van der Waals surface area (Å²) in [4.78, 5) is 22.4. The Balaban J connectivity index is 1.65. The number of carbonyl (C=O) groups is 1. The van der Waals surface area contributed by atoms with Crippen molar-refractivity contribution < 1.29 is 9.53 Å². The smallest absolute Gasteiger partial charge is 0.247 e. The molecule has 0 radical (unpaired) electrons. The molecule has 164 valence electrons. The summed E-state index contributed by atoms with van der Waals surface area (Å²) in [5, 5.41) is 3.84. The highest BCUT2D eigenvalue weighted by Crippen LogP contribution is 2.32. The highest BCUT2D eigenvalue weighted by Gasteiger charge is 2.25. The number of carbonyl (C=O) groups excluding carboxylic acids is 1. The van der Waals surface area contributed by atoms with Crippen LogP contribution >= 0.6 is 11.8 Å². The van der Waals surface area contributed by atoms with E-state index >= 15 is 0 Å². The predicted molar refractivity (Wildman–Crippen MR) is 129 cm³/mol. The molecule has 32 heavy (non-hydrogen) atoms. The van der Waals surface area contributed by atoms with E-state index < -0.39 is 6.04 Å². The van der Waals surface area contributed by atoms with Crippen LogP contribution in [0.25, 0.3) is 11.0 Å². The number of imidazole rings is 1. The average molecular weight is 447 g/mol. The summed E-state index contributed by atoms with van der Waals surface area (Å²) in [5.74, 6) is 1.37. The van der Waals surface area contributed by atoms with Crippen LogP contribution in [0.4, 0.5) is 5.69 Å². The van der Waals surface area contributed by atoms with Gasteiger partial charge in [0, 0.05) is 23.7 Å². The number of aryl methyl sites for hydroxylation is 1. The van der Waals surface area contributed by atoms with Gasteiger partial charge in [0.05, 0.1) is 24.3 Å². The molecule has 7 heteroatoms. The van der Waals surface area contributed by atoms with Crippen LogP contribution in [0, 0.1) is 6.92 Å². The molecule has 6 nitrogen and oxygen atoms in total. The van der Waals surface area contributed by atoms with Gasteiger partial charge in [0.15, 0.2) is 5.16 Å². The standard InChI is InChI=1S/C25H26N4O2S/c1-4-22(24(30)27-19-9-6-10-20(14-19)31-3)29-23-15-26-12-11-21(23)28-25(29)32-16-18-8-5-7-17(2)13-18/h5-15,22H,4,16H2,1-3H3,(H,27,30)/t22-/m0/s1. The summed E-state index contributed by atoms with van der Waals surface area (Å²) in [6, 6.07) is 17.3. The number of fused-ring (bicyclic) bond motifs is 1. The molecule has 2 aromatic carbocycles. The van der Waals surface area contributed by atoms with Crippen LogP contribution in [0.5, 0.6) is 5.75 Å². The summed E-state index contributed by atoms with van der Waals surface area (Å²) in [7, 11) is 1.61. The Labute approximate surface area is 192 Å². The van der Waals surface area contributed by atoms with Gasteiger partial charge in [0.1, 0.15) is 11.8 Å². The number of amides is 1. The third-order valence-corrected chi connectivity index (χ3v) is 6.27. The van der Waals surface area contributed by atoms with Crippen LogP contribution in [0.3, 0.4) is 0 Å². The van der Waals surface area contributed by atoms with Gasteiger partial charge < -0.3 is 14.6 Å². The van der Waals surface area contributed by atoms with Crippen LogP contribution in [-0.2, 0) is 10.5 Å². The fraction of sp³-hybridized carbons (Fsp3) is 0.240. The molecule has 2 heterocycles. The second kappa shape index (κ2) is 9.87. The second-order valence-corrected chi connectivity index (χ2v) is 8.49. The zero-order valence-corrected chi connectivity index (χ0v) is 19.2. The summed E-state index contributed by atoms with van der Waals surface area (Å²) in [5.41, 5.74) is 4.83. The largest absolute Gasteiger partial charge is 0.497 e. The van der Waals surface area contributed by atoms with Crippen LogP contribution in [-0.4, -0.2) is 27.6 Å². The number of hydrogen-bond acceptors (Lipinski definition) is 5.